The fraction of sp³-hybridized carbons (Fsp3) is 0.727. The minimum atomic E-state index is -1.28. The van der Waals surface area contributed by atoms with Crippen LogP contribution in [0, 0.1) is 5.92 Å². The van der Waals surface area contributed by atoms with Crippen molar-refractivity contribution < 1.29 is 19.7 Å². The van der Waals surface area contributed by atoms with Crippen LogP contribution in [0.25, 0.3) is 0 Å². The molecule has 88 valence electrons. The largest absolute Gasteiger partial charge is 0.432 e. The van der Waals surface area contributed by atoms with Crippen LogP contribution in [0.5, 0.6) is 0 Å². The van der Waals surface area contributed by atoms with Crippen LogP contribution in [0.15, 0.2) is 12.7 Å². The maximum absolute atomic E-state index is 10.8. The number of hydrogen-bond acceptors (Lipinski definition) is 4. The summed E-state index contributed by atoms with van der Waals surface area (Å²) in [4.78, 5) is 10.8. The number of esters is 1. The van der Waals surface area contributed by atoms with Gasteiger partial charge in [-0.05, 0) is 6.42 Å². The van der Waals surface area contributed by atoms with Gasteiger partial charge in [0.25, 0.3) is 0 Å². The molecule has 4 heteroatoms. The SMILES string of the molecule is C=CC(=O)OC(O)C(C)C(O)CCCC. The molecular weight excluding hydrogens is 196 g/mol. The van der Waals surface area contributed by atoms with Crippen molar-refractivity contribution in [3.8, 4) is 0 Å². The van der Waals surface area contributed by atoms with Gasteiger partial charge >= 0.3 is 5.97 Å². The Labute approximate surface area is 90.6 Å². The average Bonchev–Trinajstić information content (AvgIpc) is 2.24. The molecular formula is C11H20O4. The first-order valence-electron chi connectivity index (χ1n) is 5.22. The zero-order valence-electron chi connectivity index (χ0n) is 9.35. The van der Waals surface area contributed by atoms with Gasteiger partial charge in [-0.15, -0.1) is 0 Å². The maximum atomic E-state index is 10.8. The van der Waals surface area contributed by atoms with Crippen molar-refractivity contribution in [3.63, 3.8) is 0 Å². The van der Waals surface area contributed by atoms with Gasteiger partial charge in [0.2, 0.25) is 6.29 Å². The van der Waals surface area contributed by atoms with Crippen molar-refractivity contribution in [1.82, 2.24) is 0 Å². The molecule has 2 N–H and O–H groups in total. The number of carbonyl (C=O) groups is 1. The second-order valence-corrected chi connectivity index (χ2v) is 3.60. The molecule has 0 aliphatic carbocycles. The van der Waals surface area contributed by atoms with Crippen LogP contribution in [0.4, 0.5) is 0 Å². The van der Waals surface area contributed by atoms with E-state index in [1.807, 2.05) is 6.92 Å². The Hall–Kier alpha value is -0.870. The van der Waals surface area contributed by atoms with E-state index < -0.39 is 24.3 Å². The monoisotopic (exact) mass is 216 g/mol. The number of unbranched alkanes of at least 4 members (excludes halogenated alkanes) is 1. The van der Waals surface area contributed by atoms with Gasteiger partial charge in [-0.25, -0.2) is 4.79 Å². The summed E-state index contributed by atoms with van der Waals surface area (Å²) in [5, 5.41) is 19.1. The van der Waals surface area contributed by atoms with Gasteiger partial charge in [-0.1, -0.05) is 33.3 Å². The molecule has 0 aromatic rings. The maximum Gasteiger partial charge on any atom is 0.332 e. The number of aliphatic hydroxyl groups excluding tert-OH is 2. The summed E-state index contributed by atoms with van der Waals surface area (Å²) in [6, 6.07) is 0. The lowest BCUT2D eigenvalue weighted by molar-refractivity contribution is -0.177. The summed E-state index contributed by atoms with van der Waals surface area (Å²) in [7, 11) is 0. The highest BCUT2D eigenvalue weighted by Crippen LogP contribution is 2.15. The highest BCUT2D eigenvalue weighted by Gasteiger charge is 2.24. The highest BCUT2D eigenvalue weighted by molar-refractivity contribution is 5.81. The Balaban J connectivity index is 4.00. The van der Waals surface area contributed by atoms with E-state index in [1.165, 1.54) is 0 Å². The first-order valence-corrected chi connectivity index (χ1v) is 5.22. The molecule has 0 aliphatic rings. The average molecular weight is 216 g/mol. The third-order valence-electron chi connectivity index (χ3n) is 2.31. The first-order chi connectivity index (χ1) is 7.02. The molecule has 0 aromatic heterocycles. The second kappa shape index (κ2) is 7.43. The summed E-state index contributed by atoms with van der Waals surface area (Å²) >= 11 is 0. The normalized spacial score (nSPS) is 16.5. The molecule has 0 bridgehead atoms. The van der Waals surface area contributed by atoms with Crippen LogP contribution in [-0.4, -0.2) is 28.6 Å². The molecule has 0 fully saturated rings. The first kappa shape index (κ1) is 14.1. The van der Waals surface area contributed by atoms with E-state index >= 15 is 0 Å². The van der Waals surface area contributed by atoms with E-state index in [-0.39, 0.29) is 0 Å². The summed E-state index contributed by atoms with van der Waals surface area (Å²) in [6.07, 6.45) is 1.51. The van der Waals surface area contributed by atoms with Crippen molar-refractivity contribution in [1.29, 1.82) is 0 Å². The van der Waals surface area contributed by atoms with Gasteiger partial charge in [-0.3, -0.25) is 0 Å². The zero-order valence-corrected chi connectivity index (χ0v) is 9.35. The highest BCUT2D eigenvalue weighted by atomic mass is 16.6. The minimum Gasteiger partial charge on any atom is -0.432 e. The fourth-order valence-electron chi connectivity index (χ4n) is 1.14. The van der Waals surface area contributed by atoms with Gasteiger partial charge in [-0.2, -0.15) is 0 Å². The number of carbonyl (C=O) groups excluding carboxylic acids is 1. The Morgan fingerprint density at radius 1 is 1.53 bits per heavy atom. The van der Waals surface area contributed by atoms with Crippen LogP contribution < -0.4 is 0 Å². The van der Waals surface area contributed by atoms with Crippen molar-refractivity contribution in [2.45, 2.75) is 45.5 Å². The molecule has 0 saturated heterocycles. The molecule has 0 spiro atoms. The van der Waals surface area contributed by atoms with Gasteiger partial charge in [0.05, 0.1) is 6.10 Å². The smallest absolute Gasteiger partial charge is 0.332 e. The lowest BCUT2D eigenvalue weighted by Gasteiger charge is -2.23. The third kappa shape index (κ3) is 5.54. The Morgan fingerprint density at radius 3 is 2.60 bits per heavy atom. The standard InChI is InChI=1S/C11H20O4/c1-4-6-7-9(12)8(3)11(14)15-10(13)5-2/h5,8-9,11-12,14H,2,4,6-7H2,1,3H3. The molecule has 0 radical (unpaired) electrons. The Morgan fingerprint density at radius 2 is 2.13 bits per heavy atom. The molecule has 0 heterocycles. The van der Waals surface area contributed by atoms with Crippen LogP contribution in [0.3, 0.4) is 0 Å². The van der Waals surface area contributed by atoms with Gasteiger partial charge < -0.3 is 14.9 Å². The van der Waals surface area contributed by atoms with Crippen molar-refractivity contribution in [2.24, 2.45) is 5.92 Å². The minimum absolute atomic E-state index is 0.486. The van der Waals surface area contributed by atoms with Crippen molar-refractivity contribution >= 4 is 5.97 Å². The number of ether oxygens (including phenoxy) is 1. The van der Waals surface area contributed by atoms with E-state index in [1.54, 1.807) is 6.92 Å². The fourth-order valence-corrected chi connectivity index (χ4v) is 1.14. The van der Waals surface area contributed by atoms with E-state index in [2.05, 4.69) is 11.3 Å². The molecule has 0 aliphatic heterocycles. The van der Waals surface area contributed by atoms with Crippen LogP contribution in [0.1, 0.15) is 33.1 Å². The number of aliphatic hydroxyl groups is 2. The van der Waals surface area contributed by atoms with Crippen LogP contribution >= 0.6 is 0 Å². The van der Waals surface area contributed by atoms with Crippen molar-refractivity contribution in [2.75, 3.05) is 0 Å². The van der Waals surface area contributed by atoms with E-state index in [0.29, 0.717) is 6.42 Å². The Kier molecular flexibility index (Phi) is 6.99. The number of hydrogen-bond donors (Lipinski definition) is 2. The summed E-state index contributed by atoms with van der Waals surface area (Å²) in [6.45, 7) is 6.88. The summed E-state index contributed by atoms with van der Waals surface area (Å²) in [5.74, 6) is -1.17. The second-order valence-electron chi connectivity index (χ2n) is 3.60. The number of rotatable bonds is 7. The topological polar surface area (TPSA) is 66.8 Å². The molecule has 15 heavy (non-hydrogen) atoms. The molecule has 3 atom stereocenters. The Bertz CT molecular complexity index is 203. The van der Waals surface area contributed by atoms with Crippen LogP contribution in [0.2, 0.25) is 0 Å². The lowest BCUT2D eigenvalue weighted by atomic mass is 9.99. The molecule has 3 unspecified atom stereocenters. The molecule has 0 amide bonds. The summed E-state index contributed by atoms with van der Waals surface area (Å²) < 4.78 is 4.60. The zero-order chi connectivity index (χ0) is 11.8. The predicted octanol–water partition coefficient (Wildman–Crippen LogP) is 1.22. The van der Waals surface area contributed by atoms with Gasteiger partial charge in [0.1, 0.15) is 0 Å². The summed E-state index contributed by atoms with van der Waals surface area (Å²) in [5.41, 5.74) is 0. The quantitative estimate of drug-likeness (QED) is 0.381. The molecule has 0 aromatic carbocycles. The van der Waals surface area contributed by atoms with Crippen molar-refractivity contribution in [3.05, 3.63) is 12.7 Å². The van der Waals surface area contributed by atoms with Gasteiger partial charge in [0.15, 0.2) is 0 Å². The van der Waals surface area contributed by atoms with E-state index in [0.717, 1.165) is 18.9 Å². The van der Waals surface area contributed by atoms with Gasteiger partial charge in [0, 0.05) is 12.0 Å². The van der Waals surface area contributed by atoms with E-state index in [9.17, 15) is 15.0 Å². The third-order valence-corrected chi connectivity index (χ3v) is 2.31. The van der Waals surface area contributed by atoms with Crippen LogP contribution in [-0.2, 0) is 9.53 Å². The molecule has 0 saturated carbocycles. The molecule has 0 rings (SSSR count). The lowest BCUT2D eigenvalue weighted by Crippen LogP contribution is -2.32. The molecule has 4 nitrogen and oxygen atoms in total. The predicted molar refractivity (Wildman–Crippen MR) is 57.0 cm³/mol. The van der Waals surface area contributed by atoms with E-state index in [4.69, 9.17) is 0 Å².